The molecule has 0 fully saturated rings. The number of methoxy groups -OCH3 is 1. The minimum atomic E-state index is -3.75. The van der Waals surface area contributed by atoms with Crippen LogP contribution in [0.1, 0.15) is 5.56 Å². The van der Waals surface area contributed by atoms with Crippen molar-refractivity contribution < 1.29 is 17.5 Å². The number of nitrogens with one attached hydrogen (secondary N) is 1. The molecule has 5 nitrogen and oxygen atoms in total. The van der Waals surface area contributed by atoms with E-state index in [2.05, 4.69) is 25.6 Å². The molecule has 1 N–H and O–H groups in total. The highest BCUT2D eigenvalue weighted by Crippen LogP contribution is 2.22. The van der Waals surface area contributed by atoms with Crippen molar-refractivity contribution in [3.05, 3.63) is 52.4 Å². The molecule has 0 aliphatic rings. The Hall–Kier alpha value is -1.51. The van der Waals surface area contributed by atoms with E-state index in [9.17, 15) is 12.8 Å². The van der Waals surface area contributed by atoms with Crippen LogP contribution in [0.3, 0.4) is 0 Å². The normalized spacial score (nSPS) is 11.4. The van der Waals surface area contributed by atoms with Gasteiger partial charge in [-0.1, -0.05) is 0 Å². The molecule has 1 aromatic carbocycles. The van der Waals surface area contributed by atoms with Crippen molar-refractivity contribution in [2.24, 2.45) is 0 Å². The van der Waals surface area contributed by atoms with E-state index in [0.717, 1.165) is 12.1 Å². The average Bonchev–Trinajstić information content (AvgIpc) is 2.45. The van der Waals surface area contributed by atoms with Crippen LogP contribution in [0, 0.1) is 5.82 Å². The molecule has 0 saturated carbocycles. The van der Waals surface area contributed by atoms with Crippen molar-refractivity contribution in [2.45, 2.75) is 11.4 Å². The molecule has 0 spiro atoms. The molecule has 2 aromatic rings. The standard InChI is InChI=1S/C13H12BrFN2O3S/c1-20-13-6-9(4-5-16-13)8-17-21(18,19)12-3-2-10(15)7-11(12)14/h2-7,17H,8H2,1H3. The van der Waals surface area contributed by atoms with E-state index in [0.29, 0.717) is 11.4 Å². The maximum Gasteiger partial charge on any atom is 0.241 e. The molecule has 1 aromatic heterocycles. The van der Waals surface area contributed by atoms with Gasteiger partial charge in [-0.15, -0.1) is 0 Å². The summed E-state index contributed by atoms with van der Waals surface area (Å²) < 4.78 is 44.9. The number of sulfonamides is 1. The number of benzene rings is 1. The third-order valence-corrected chi connectivity index (χ3v) is 5.04. The van der Waals surface area contributed by atoms with Crippen molar-refractivity contribution in [3.63, 3.8) is 0 Å². The van der Waals surface area contributed by atoms with Gasteiger partial charge in [-0.3, -0.25) is 0 Å². The fourth-order valence-corrected chi connectivity index (χ4v) is 3.69. The minimum absolute atomic E-state index is 0.0232. The highest BCUT2D eigenvalue weighted by Gasteiger charge is 2.17. The van der Waals surface area contributed by atoms with E-state index < -0.39 is 15.8 Å². The molecule has 0 atom stereocenters. The number of hydrogen-bond acceptors (Lipinski definition) is 4. The lowest BCUT2D eigenvalue weighted by Crippen LogP contribution is -2.23. The van der Waals surface area contributed by atoms with Gasteiger partial charge in [0.15, 0.2) is 0 Å². The number of ether oxygens (including phenoxy) is 1. The highest BCUT2D eigenvalue weighted by molar-refractivity contribution is 9.10. The Labute approximate surface area is 130 Å². The third kappa shape index (κ3) is 3.99. The Morgan fingerprint density at radius 3 is 2.76 bits per heavy atom. The number of halogens is 2. The van der Waals surface area contributed by atoms with Crippen LogP contribution in [0.2, 0.25) is 0 Å². The molecule has 0 radical (unpaired) electrons. The Morgan fingerprint density at radius 1 is 1.33 bits per heavy atom. The van der Waals surface area contributed by atoms with Crippen LogP contribution >= 0.6 is 15.9 Å². The molecular formula is C13H12BrFN2O3S. The van der Waals surface area contributed by atoms with E-state index in [1.807, 2.05) is 0 Å². The summed E-state index contributed by atoms with van der Waals surface area (Å²) in [5.41, 5.74) is 0.698. The molecule has 0 saturated heterocycles. The summed E-state index contributed by atoms with van der Waals surface area (Å²) in [7, 11) is -2.27. The van der Waals surface area contributed by atoms with E-state index in [-0.39, 0.29) is 15.9 Å². The summed E-state index contributed by atoms with van der Waals surface area (Å²) in [5, 5.41) is 0. The van der Waals surface area contributed by atoms with Crippen LogP contribution in [0.4, 0.5) is 4.39 Å². The van der Waals surface area contributed by atoms with Gasteiger partial charge in [0.2, 0.25) is 15.9 Å². The molecule has 21 heavy (non-hydrogen) atoms. The maximum atomic E-state index is 13.0. The van der Waals surface area contributed by atoms with Crippen molar-refractivity contribution in [1.82, 2.24) is 9.71 Å². The Balaban J connectivity index is 2.17. The lowest BCUT2D eigenvalue weighted by atomic mass is 10.3. The Bertz CT molecular complexity index is 753. The summed E-state index contributed by atoms with van der Waals surface area (Å²) >= 11 is 3.04. The fraction of sp³-hybridized carbons (Fsp3) is 0.154. The number of aromatic nitrogens is 1. The van der Waals surface area contributed by atoms with Gasteiger partial charge in [0.25, 0.3) is 0 Å². The minimum Gasteiger partial charge on any atom is -0.481 e. The van der Waals surface area contributed by atoms with Gasteiger partial charge in [0, 0.05) is 23.3 Å². The van der Waals surface area contributed by atoms with Crippen LogP contribution in [0.15, 0.2) is 45.9 Å². The first kappa shape index (κ1) is 15.9. The molecule has 1 heterocycles. The lowest BCUT2D eigenvalue weighted by molar-refractivity contribution is 0.397. The Morgan fingerprint density at radius 2 is 2.10 bits per heavy atom. The first-order valence-corrected chi connectivity index (χ1v) is 8.13. The van der Waals surface area contributed by atoms with Crippen molar-refractivity contribution in [3.8, 4) is 5.88 Å². The zero-order valence-corrected chi connectivity index (χ0v) is 13.4. The predicted molar refractivity (Wildman–Crippen MR) is 78.9 cm³/mol. The molecule has 0 bridgehead atoms. The quantitative estimate of drug-likeness (QED) is 0.872. The second-order valence-corrected chi connectivity index (χ2v) is 6.70. The highest BCUT2D eigenvalue weighted by atomic mass is 79.9. The molecule has 112 valence electrons. The average molecular weight is 375 g/mol. The molecule has 0 aliphatic carbocycles. The van der Waals surface area contributed by atoms with Crippen molar-refractivity contribution in [1.29, 1.82) is 0 Å². The topological polar surface area (TPSA) is 68.3 Å². The van der Waals surface area contributed by atoms with Gasteiger partial charge in [0.1, 0.15) is 5.82 Å². The van der Waals surface area contributed by atoms with Gasteiger partial charge in [0.05, 0.1) is 12.0 Å². The molecule has 2 rings (SSSR count). The molecule has 0 unspecified atom stereocenters. The summed E-state index contributed by atoms with van der Waals surface area (Å²) in [5.74, 6) is -0.116. The van der Waals surface area contributed by atoms with Crippen LogP contribution in [0.25, 0.3) is 0 Å². The third-order valence-electron chi connectivity index (χ3n) is 2.66. The first-order valence-electron chi connectivity index (χ1n) is 5.86. The molecule has 8 heteroatoms. The van der Waals surface area contributed by atoms with Gasteiger partial charge in [-0.05, 0) is 45.8 Å². The van der Waals surface area contributed by atoms with Crippen molar-refractivity contribution >= 4 is 26.0 Å². The van der Waals surface area contributed by atoms with Crippen LogP contribution in [0.5, 0.6) is 5.88 Å². The van der Waals surface area contributed by atoms with E-state index >= 15 is 0 Å². The van der Waals surface area contributed by atoms with Gasteiger partial charge in [-0.2, -0.15) is 0 Å². The number of nitrogens with zero attached hydrogens (tertiary/aromatic N) is 1. The second-order valence-electron chi connectivity index (χ2n) is 4.11. The zero-order valence-electron chi connectivity index (χ0n) is 11.0. The van der Waals surface area contributed by atoms with Crippen molar-refractivity contribution in [2.75, 3.05) is 7.11 Å². The predicted octanol–water partition coefficient (Wildman–Crippen LogP) is 2.47. The van der Waals surface area contributed by atoms with E-state index in [4.69, 9.17) is 4.74 Å². The molecule has 0 amide bonds. The van der Waals surface area contributed by atoms with Crippen LogP contribution < -0.4 is 9.46 Å². The van der Waals surface area contributed by atoms with Gasteiger partial charge < -0.3 is 4.74 Å². The summed E-state index contributed by atoms with van der Waals surface area (Å²) in [4.78, 5) is 3.91. The summed E-state index contributed by atoms with van der Waals surface area (Å²) in [6.07, 6.45) is 1.52. The zero-order chi connectivity index (χ0) is 15.5. The number of pyridine rings is 1. The Kier molecular flexibility index (Phi) is 4.92. The fourth-order valence-electron chi connectivity index (χ4n) is 1.62. The summed E-state index contributed by atoms with van der Waals surface area (Å²) in [6.45, 7) is 0.0744. The van der Waals surface area contributed by atoms with E-state index in [1.165, 1.54) is 19.4 Å². The monoisotopic (exact) mass is 374 g/mol. The molecular weight excluding hydrogens is 363 g/mol. The maximum absolute atomic E-state index is 13.0. The lowest BCUT2D eigenvalue weighted by Gasteiger charge is -2.09. The van der Waals surface area contributed by atoms with Crippen LogP contribution in [-0.2, 0) is 16.6 Å². The molecule has 0 aliphatic heterocycles. The SMILES string of the molecule is COc1cc(CNS(=O)(=O)c2ccc(F)cc2Br)ccn1. The smallest absolute Gasteiger partial charge is 0.241 e. The van der Waals surface area contributed by atoms with Gasteiger partial charge >= 0.3 is 0 Å². The van der Waals surface area contributed by atoms with E-state index in [1.54, 1.807) is 12.1 Å². The first-order chi connectivity index (χ1) is 9.92. The second kappa shape index (κ2) is 6.50. The van der Waals surface area contributed by atoms with Gasteiger partial charge in [-0.25, -0.2) is 22.5 Å². The summed E-state index contributed by atoms with van der Waals surface area (Å²) in [6, 6.07) is 6.70. The largest absolute Gasteiger partial charge is 0.481 e. The van der Waals surface area contributed by atoms with Crippen LogP contribution in [-0.4, -0.2) is 20.5 Å². The number of hydrogen-bond donors (Lipinski definition) is 1. The number of rotatable bonds is 5.